The number of unbranched alkanes of at least 4 members (excludes halogenated alkanes) is 39. The average Bonchev–Trinajstić information content (AvgIpc) is 0.908. The van der Waals surface area contributed by atoms with Crippen LogP contribution in [0.1, 0.15) is 427 Å². The molecule has 0 saturated carbocycles. The van der Waals surface area contributed by atoms with Crippen LogP contribution in [0.3, 0.4) is 0 Å². The zero-order chi connectivity index (χ0) is 86.7. The fraction of sp³-hybridized carbons (Fsp3) is 0.870. The number of phosphoric ester groups is 2. The van der Waals surface area contributed by atoms with E-state index in [1.807, 2.05) is 0 Å². The largest absolute Gasteiger partial charge is 0.472 e. The molecule has 6 N–H and O–H groups in total. The second kappa shape index (κ2) is 83.7. The zero-order valence-electron chi connectivity index (χ0n) is 75.3. The first-order chi connectivity index (χ1) is 57.2. The van der Waals surface area contributed by atoms with Crippen LogP contribution in [0.4, 0.5) is 0 Å². The zero-order valence-corrected chi connectivity index (χ0v) is 77.0. The van der Waals surface area contributed by atoms with Gasteiger partial charge in [-0.1, -0.05) is 284 Å². The lowest BCUT2D eigenvalue weighted by atomic mass is 10.0. The lowest BCUT2D eigenvalue weighted by Gasteiger charge is -2.22. The molecular formula is C92H172N4O20P2. The summed E-state index contributed by atoms with van der Waals surface area (Å²) >= 11 is 0. The van der Waals surface area contributed by atoms with Gasteiger partial charge in [0, 0.05) is 64.5 Å². The average molecular weight is 1720 g/mol. The highest BCUT2D eigenvalue weighted by atomic mass is 31.2. The molecular weight excluding hydrogens is 1540 g/mol. The maximum absolute atomic E-state index is 13.2. The summed E-state index contributed by atoms with van der Waals surface area (Å²) in [5.41, 5.74) is 0. The van der Waals surface area contributed by atoms with Crippen molar-refractivity contribution < 1.29 is 94.3 Å². The number of Topliss-reactive ketones (excluding diaryl/α,β-unsaturated/α-hetero) is 2. The molecule has 0 rings (SSSR count). The van der Waals surface area contributed by atoms with Gasteiger partial charge >= 0.3 is 27.6 Å². The lowest BCUT2D eigenvalue weighted by molar-refractivity contribution is -0.151. The van der Waals surface area contributed by atoms with Crippen LogP contribution in [0, 0.1) is 0 Å². The van der Waals surface area contributed by atoms with Crippen molar-refractivity contribution in [1.29, 1.82) is 0 Å². The summed E-state index contributed by atoms with van der Waals surface area (Å²) in [6, 6.07) is -1.86. The molecule has 26 heteroatoms. The Balaban J connectivity index is 5.26. The van der Waals surface area contributed by atoms with Crippen LogP contribution in [0.2, 0.25) is 0 Å². The van der Waals surface area contributed by atoms with Crippen LogP contribution in [-0.2, 0) is 84.5 Å². The molecule has 0 aromatic carbocycles. The second-order valence-electron chi connectivity index (χ2n) is 32.4. The first kappa shape index (κ1) is 114. The summed E-state index contributed by atoms with van der Waals surface area (Å²) < 4.78 is 71.2. The van der Waals surface area contributed by atoms with Gasteiger partial charge in [-0.15, -0.1) is 0 Å². The van der Waals surface area contributed by atoms with Gasteiger partial charge in [0.1, 0.15) is 23.8 Å². The van der Waals surface area contributed by atoms with Crippen LogP contribution in [0.5, 0.6) is 0 Å². The van der Waals surface area contributed by atoms with E-state index in [0.29, 0.717) is 77.0 Å². The fourth-order valence-corrected chi connectivity index (χ4v) is 15.2. The van der Waals surface area contributed by atoms with Crippen molar-refractivity contribution >= 4 is 62.8 Å². The Morgan fingerprint density at radius 1 is 0.297 bits per heavy atom. The van der Waals surface area contributed by atoms with Crippen LogP contribution < -0.4 is 21.3 Å². The van der Waals surface area contributed by atoms with E-state index < -0.39 is 52.8 Å². The van der Waals surface area contributed by atoms with Crippen molar-refractivity contribution in [2.24, 2.45) is 0 Å². The Hall–Kier alpha value is -4.22. The van der Waals surface area contributed by atoms with Crippen molar-refractivity contribution in [2.75, 3.05) is 65.9 Å². The van der Waals surface area contributed by atoms with Crippen molar-refractivity contribution in [3.63, 3.8) is 0 Å². The molecule has 6 atom stereocenters. The van der Waals surface area contributed by atoms with Gasteiger partial charge in [0.15, 0.2) is 0 Å². The molecule has 0 radical (unpaired) electrons. The number of rotatable bonds is 91. The van der Waals surface area contributed by atoms with Crippen LogP contribution in [0.15, 0.2) is 24.3 Å². The van der Waals surface area contributed by atoms with Gasteiger partial charge in [-0.2, -0.15) is 0 Å². The Kier molecular flexibility index (Phi) is 80.7. The van der Waals surface area contributed by atoms with Gasteiger partial charge in [-0.05, 0) is 103 Å². The van der Waals surface area contributed by atoms with E-state index in [9.17, 15) is 57.3 Å². The molecule has 0 fully saturated rings. The Morgan fingerprint density at radius 2 is 0.576 bits per heavy atom. The highest BCUT2D eigenvalue weighted by molar-refractivity contribution is 7.47. The molecule has 0 saturated heterocycles. The number of hydrogen-bond donors (Lipinski definition) is 6. The maximum atomic E-state index is 13.2. The molecule has 690 valence electrons. The molecule has 4 unspecified atom stereocenters. The Labute approximate surface area is 716 Å². The minimum Gasteiger partial charge on any atom is -0.462 e. The van der Waals surface area contributed by atoms with Crippen molar-refractivity contribution in [2.45, 2.75) is 451 Å². The van der Waals surface area contributed by atoms with E-state index in [1.165, 1.54) is 116 Å². The van der Waals surface area contributed by atoms with E-state index in [-0.39, 0.29) is 139 Å². The number of ketones is 2. The topological polar surface area (TPSA) is 333 Å². The van der Waals surface area contributed by atoms with E-state index in [1.54, 1.807) is 0 Å². The number of carbonyl (C=O) groups excluding carboxylic acids is 8. The molecule has 0 aromatic rings. The van der Waals surface area contributed by atoms with Crippen molar-refractivity contribution in [3.8, 4) is 0 Å². The van der Waals surface area contributed by atoms with E-state index >= 15 is 0 Å². The third-order valence-electron chi connectivity index (χ3n) is 20.8. The Morgan fingerprint density at radius 3 is 0.898 bits per heavy atom. The normalized spacial score (nSPS) is 13.7. The molecule has 0 aliphatic rings. The molecule has 0 spiro atoms. The number of nitrogens with one attached hydrogen (secondary N) is 4. The minimum absolute atomic E-state index is 0.0668. The summed E-state index contributed by atoms with van der Waals surface area (Å²) in [7, 11) is -9.38. The van der Waals surface area contributed by atoms with Crippen LogP contribution >= 0.6 is 15.6 Å². The third-order valence-corrected chi connectivity index (χ3v) is 22.8. The molecule has 0 aromatic heterocycles. The number of carbonyl (C=O) groups is 8. The van der Waals surface area contributed by atoms with Crippen molar-refractivity contribution in [1.82, 2.24) is 21.3 Å². The number of ether oxygens (including phenoxy) is 4. The second-order valence-corrected chi connectivity index (χ2v) is 35.3. The van der Waals surface area contributed by atoms with Gasteiger partial charge in [-0.25, -0.2) is 9.13 Å². The number of esters is 2. The van der Waals surface area contributed by atoms with E-state index in [2.05, 4.69) is 87.1 Å². The summed E-state index contributed by atoms with van der Waals surface area (Å²) in [5, 5.41) is 10.9. The predicted octanol–water partition coefficient (Wildman–Crippen LogP) is 22.1. The third kappa shape index (κ3) is 80.2. The predicted molar refractivity (Wildman–Crippen MR) is 474 cm³/mol. The quantitative estimate of drug-likeness (QED) is 0.0108. The van der Waals surface area contributed by atoms with Crippen LogP contribution in [0.25, 0.3) is 0 Å². The van der Waals surface area contributed by atoms with Gasteiger partial charge in [0.05, 0.1) is 77.8 Å². The van der Waals surface area contributed by atoms with E-state index in [0.717, 1.165) is 154 Å². The monoisotopic (exact) mass is 1720 g/mol. The van der Waals surface area contributed by atoms with Gasteiger partial charge in [0.25, 0.3) is 0 Å². The molecule has 0 aliphatic carbocycles. The smallest absolute Gasteiger partial charge is 0.462 e. The number of amides is 4. The van der Waals surface area contributed by atoms with Gasteiger partial charge in [0.2, 0.25) is 23.6 Å². The SMILES string of the molecule is CCCCCC/C=C\CCCC(=O)O[C@H](CCCCCCC)CCOCC(COP(=O)(O)OCCNC(=O)CCCCCCCCC(=O)NCCOP(=O)(O)OCC(COCC[C@@H](CCCCCCC)OC(=O)CCC/C=C\CCCCCC)NC(=O)CC(=O)CCCCCCCCCCC)NC(=O)CC(=O)CCCCCCCCCCC. The summed E-state index contributed by atoms with van der Waals surface area (Å²) in [4.78, 5) is 125. The summed E-state index contributed by atoms with van der Waals surface area (Å²) in [6.45, 7) is 11.5. The first-order valence-electron chi connectivity index (χ1n) is 47.4. The molecule has 0 aliphatic heterocycles. The fourth-order valence-electron chi connectivity index (χ4n) is 13.6. The van der Waals surface area contributed by atoms with Crippen LogP contribution in [-0.4, -0.2) is 147 Å². The molecule has 0 bridgehead atoms. The first-order valence-corrected chi connectivity index (χ1v) is 50.4. The minimum atomic E-state index is -4.69. The molecule has 0 heterocycles. The van der Waals surface area contributed by atoms with Crippen molar-refractivity contribution in [3.05, 3.63) is 24.3 Å². The molecule has 4 amide bonds. The number of phosphoric acid groups is 2. The number of allylic oxidation sites excluding steroid dienone is 4. The molecule has 118 heavy (non-hydrogen) atoms. The number of hydrogen-bond acceptors (Lipinski definition) is 18. The molecule has 24 nitrogen and oxygen atoms in total. The van der Waals surface area contributed by atoms with E-state index in [4.69, 9.17) is 37.0 Å². The Bertz CT molecular complexity index is 2450. The van der Waals surface area contributed by atoms with Gasteiger partial charge < -0.3 is 50.0 Å². The highest BCUT2D eigenvalue weighted by Crippen LogP contribution is 2.44. The summed E-state index contributed by atoms with van der Waals surface area (Å²) in [6.07, 6.45) is 60.5. The standard InChI is InChI=1S/C92H172N4O20P2/c1-7-13-19-25-29-33-37-45-51-59-83(97)75-89(101)95-81(77-109-71-67-85(61-53-43-23-17-11-5)115-91(103)65-57-49-39-35-31-27-21-15-9-3)79-113-117(105,106)111-73-69-93-87(99)63-55-47-41-42-48-56-64-88(100)94-70-74-112-118(107,108)114-80-82(96-90(102)76-84(98)60-52-46-38-34-30-26-20-14-8-2)78-110-72-68-86(62-54-44-24-18-12-6)116-92(104)66-58-50-40-36-32-28-22-16-10-4/h35-36,39-40,81-82,85-86H,7-34,37-38,41-80H2,1-6H3,(H,93,99)(H,94,100)(H,95,101)(H,96,102)(H,105,106)(H,107,108)/b39-35-,40-36-/t81?,82?,85-,86-/m1/s1. The maximum Gasteiger partial charge on any atom is 0.472 e. The van der Waals surface area contributed by atoms with Gasteiger partial charge in [-0.3, -0.25) is 56.5 Å². The highest BCUT2D eigenvalue weighted by Gasteiger charge is 2.28. The summed E-state index contributed by atoms with van der Waals surface area (Å²) in [5.74, 6) is -2.55. The lowest BCUT2D eigenvalue weighted by Crippen LogP contribution is -2.42.